The van der Waals surface area contributed by atoms with Crippen LogP contribution in [0.2, 0.25) is 5.02 Å². The first-order valence-electron chi connectivity index (χ1n) is 3.83. The van der Waals surface area contributed by atoms with Crippen LogP contribution in [0.4, 0.5) is 0 Å². The van der Waals surface area contributed by atoms with E-state index in [-0.39, 0.29) is 12.4 Å². The maximum Gasteiger partial charge on any atom is 0.124 e. The van der Waals surface area contributed by atoms with Crippen molar-refractivity contribution in [1.82, 2.24) is 0 Å². The number of aromatic hydroxyl groups is 1. The summed E-state index contributed by atoms with van der Waals surface area (Å²) >= 11 is 5.71. The Kier molecular flexibility index (Phi) is 3.73. The van der Waals surface area contributed by atoms with Crippen molar-refractivity contribution in [2.45, 2.75) is 0 Å². The van der Waals surface area contributed by atoms with Crippen molar-refractivity contribution in [2.75, 3.05) is 13.2 Å². The normalized spacial score (nSPS) is 10.9. The van der Waals surface area contributed by atoms with Gasteiger partial charge in [-0.1, -0.05) is 11.6 Å². The van der Waals surface area contributed by atoms with E-state index < -0.39 is 0 Å². The molecule has 0 aromatic heterocycles. The molecule has 0 fully saturated rings. The van der Waals surface area contributed by atoms with Crippen molar-refractivity contribution in [1.29, 1.82) is 0 Å². The quantitative estimate of drug-likeness (QED) is 0.725. The Labute approximate surface area is 81.3 Å². The van der Waals surface area contributed by atoms with Crippen LogP contribution in [0.15, 0.2) is 23.2 Å². The molecule has 0 bridgehead atoms. The molecular formula is C9H10ClNO2. The van der Waals surface area contributed by atoms with E-state index in [2.05, 4.69) is 4.99 Å². The molecule has 0 aliphatic heterocycles. The Balaban J connectivity index is 2.81. The number of rotatable bonds is 3. The predicted octanol–water partition coefficient (Wildman–Crippen LogP) is 1.46. The van der Waals surface area contributed by atoms with Gasteiger partial charge in [-0.15, -0.1) is 0 Å². The van der Waals surface area contributed by atoms with Crippen LogP contribution in [0, 0.1) is 0 Å². The summed E-state index contributed by atoms with van der Waals surface area (Å²) in [6.45, 7) is 0.323. The highest BCUT2D eigenvalue weighted by molar-refractivity contribution is 6.30. The molecule has 0 saturated heterocycles. The molecule has 2 N–H and O–H groups in total. The van der Waals surface area contributed by atoms with Gasteiger partial charge in [0, 0.05) is 16.8 Å². The second-order valence-electron chi connectivity index (χ2n) is 2.46. The first-order valence-corrected chi connectivity index (χ1v) is 4.21. The van der Waals surface area contributed by atoms with Crippen molar-refractivity contribution >= 4 is 17.8 Å². The first kappa shape index (κ1) is 10.0. The van der Waals surface area contributed by atoms with Gasteiger partial charge >= 0.3 is 0 Å². The summed E-state index contributed by atoms with van der Waals surface area (Å²) < 4.78 is 0. The minimum absolute atomic E-state index is 0.00216. The number of nitrogens with zero attached hydrogens (tertiary/aromatic N) is 1. The lowest BCUT2D eigenvalue weighted by molar-refractivity contribution is 0.307. The first-order chi connectivity index (χ1) is 6.24. The minimum Gasteiger partial charge on any atom is -0.507 e. The molecule has 0 heterocycles. The lowest BCUT2D eigenvalue weighted by Gasteiger charge is -1.98. The number of aliphatic hydroxyl groups is 1. The lowest BCUT2D eigenvalue weighted by atomic mass is 10.2. The van der Waals surface area contributed by atoms with E-state index in [0.717, 1.165) is 0 Å². The van der Waals surface area contributed by atoms with E-state index in [9.17, 15) is 5.11 Å². The molecule has 1 rings (SSSR count). The molecule has 13 heavy (non-hydrogen) atoms. The molecule has 0 aliphatic carbocycles. The molecule has 3 nitrogen and oxygen atoms in total. The molecule has 4 heteroatoms. The van der Waals surface area contributed by atoms with Crippen LogP contribution in [0.3, 0.4) is 0 Å². The predicted molar refractivity (Wildman–Crippen MR) is 52.7 cm³/mol. The molecule has 0 atom stereocenters. The summed E-state index contributed by atoms with van der Waals surface area (Å²) in [6, 6.07) is 4.71. The summed E-state index contributed by atoms with van der Waals surface area (Å²) in [5, 5.41) is 18.3. The van der Waals surface area contributed by atoms with E-state index in [1.807, 2.05) is 0 Å². The second-order valence-corrected chi connectivity index (χ2v) is 2.90. The third-order valence-corrected chi connectivity index (χ3v) is 1.68. The Hall–Kier alpha value is -1.06. The highest BCUT2D eigenvalue weighted by Crippen LogP contribution is 2.19. The van der Waals surface area contributed by atoms with Gasteiger partial charge in [0.2, 0.25) is 0 Å². The number of phenols is 1. The molecule has 70 valence electrons. The molecule has 0 unspecified atom stereocenters. The number of hydrogen-bond donors (Lipinski definition) is 2. The van der Waals surface area contributed by atoms with Crippen molar-refractivity contribution in [3.8, 4) is 5.75 Å². The average molecular weight is 200 g/mol. The summed E-state index contributed by atoms with van der Waals surface area (Å²) in [7, 11) is 0. The number of aliphatic imine (C=N–C) groups is 1. The highest BCUT2D eigenvalue weighted by atomic mass is 35.5. The van der Waals surface area contributed by atoms with Crippen LogP contribution >= 0.6 is 11.6 Å². The van der Waals surface area contributed by atoms with Crippen molar-refractivity contribution in [2.24, 2.45) is 4.99 Å². The Morgan fingerprint density at radius 3 is 2.92 bits per heavy atom. The van der Waals surface area contributed by atoms with E-state index in [1.54, 1.807) is 12.1 Å². The number of hydrogen-bond acceptors (Lipinski definition) is 3. The Morgan fingerprint density at radius 2 is 2.23 bits per heavy atom. The van der Waals surface area contributed by atoms with Gasteiger partial charge in [-0.25, -0.2) is 0 Å². The summed E-state index contributed by atoms with van der Waals surface area (Å²) in [5.74, 6) is 0.131. The van der Waals surface area contributed by atoms with Crippen molar-refractivity contribution in [3.63, 3.8) is 0 Å². The fourth-order valence-electron chi connectivity index (χ4n) is 0.849. The smallest absolute Gasteiger partial charge is 0.124 e. The van der Waals surface area contributed by atoms with Gasteiger partial charge in [-0.05, 0) is 18.2 Å². The zero-order valence-corrected chi connectivity index (χ0v) is 7.70. The molecular weight excluding hydrogens is 190 g/mol. The molecule has 1 aromatic carbocycles. The van der Waals surface area contributed by atoms with Gasteiger partial charge in [0.25, 0.3) is 0 Å². The monoisotopic (exact) mass is 199 g/mol. The van der Waals surface area contributed by atoms with Gasteiger partial charge in [-0.2, -0.15) is 0 Å². The third kappa shape index (κ3) is 3.05. The minimum atomic E-state index is -0.00216. The van der Waals surface area contributed by atoms with Gasteiger partial charge < -0.3 is 10.2 Å². The summed E-state index contributed by atoms with van der Waals surface area (Å²) in [4.78, 5) is 3.87. The van der Waals surface area contributed by atoms with Gasteiger partial charge in [0.05, 0.1) is 13.2 Å². The Bertz CT molecular complexity index is 312. The van der Waals surface area contributed by atoms with Gasteiger partial charge in [0.1, 0.15) is 5.75 Å². The zero-order valence-electron chi connectivity index (χ0n) is 6.94. The van der Waals surface area contributed by atoms with Crippen LogP contribution in [0.1, 0.15) is 5.56 Å². The SMILES string of the molecule is OCC/N=C/c1cc(Cl)ccc1O. The van der Waals surface area contributed by atoms with Gasteiger partial charge in [0.15, 0.2) is 0 Å². The number of aliphatic hydroxyl groups excluding tert-OH is 1. The average Bonchev–Trinajstić information content (AvgIpc) is 2.11. The molecule has 0 aliphatic rings. The van der Waals surface area contributed by atoms with E-state index in [0.29, 0.717) is 17.1 Å². The zero-order chi connectivity index (χ0) is 9.68. The highest BCUT2D eigenvalue weighted by Gasteiger charge is 1.97. The Morgan fingerprint density at radius 1 is 1.46 bits per heavy atom. The maximum atomic E-state index is 9.32. The fraction of sp³-hybridized carbons (Fsp3) is 0.222. The molecule has 0 amide bonds. The second kappa shape index (κ2) is 4.84. The van der Waals surface area contributed by atoms with E-state index >= 15 is 0 Å². The third-order valence-electron chi connectivity index (χ3n) is 1.45. The van der Waals surface area contributed by atoms with Crippen LogP contribution in [-0.4, -0.2) is 29.6 Å². The lowest BCUT2D eigenvalue weighted by Crippen LogP contribution is -1.89. The van der Waals surface area contributed by atoms with Crippen LogP contribution in [0.25, 0.3) is 0 Å². The summed E-state index contributed by atoms with van der Waals surface area (Å²) in [6.07, 6.45) is 1.48. The van der Waals surface area contributed by atoms with E-state index in [4.69, 9.17) is 16.7 Å². The number of phenolic OH excluding ortho intramolecular Hbond substituents is 1. The maximum absolute atomic E-state index is 9.32. The largest absolute Gasteiger partial charge is 0.507 e. The molecule has 0 radical (unpaired) electrons. The van der Waals surface area contributed by atoms with Crippen molar-refractivity contribution < 1.29 is 10.2 Å². The fourth-order valence-corrected chi connectivity index (χ4v) is 1.03. The van der Waals surface area contributed by atoms with Crippen LogP contribution < -0.4 is 0 Å². The van der Waals surface area contributed by atoms with Crippen LogP contribution in [0.5, 0.6) is 5.75 Å². The topological polar surface area (TPSA) is 52.8 Å². The standard InChI is InChI=1S/C9H10ClNO2/c10-8-1-2-9(13)7(5-8)6-11-3-4-12/h1-2,5-6,12-13H,3-4H2/b11-6+. The molecule has 0 spiro atoms. The van der Waals surface area contributed by atoms with E-state index in [1.165, 1.54) is 12.3 Å². The summed E-state index contributed by atoms with van der Waals surface area (Å²) in [5.41, 5.74) is 0.556. The molecule has 1 aromatic rings. The van der Waals surface area contributed by atoms with Crippen molar-refractivity contribution in [3.05, 3.63) is 28.8 Å². The number of benzene rings is 1. The van der Waals surface area contributed by atoms with Crippen LogP contribution in [-0.2, 0) is 0 Å². The molecule has 0 saturated carbocycles. The number of halogens is 1. The van der Waals surface area contributed by atoms with Gasteiger partial charge in [-0.3, -0.25) is 4.99 Å².